The molecule has 0 aliphatic carbocycles. The van der Waals surface area contributed by atoms with E-state index >= 15 is 0 Å². The number of hydrogen-bond donors (Lipinski definition) is 2. The van der Waals surface area contributed by atoms with Gasteiger partial charge in [0, 0.05) is 13.1 Å². The molecule has 1 aromatic rings. The number of rotatable bonds is 6. The molecule has 118 valence electrons. The number of anilines is 1. The standard InChI is InChI=1S/C15H25N3O2S/c1-3-17-21(19,20)15-7-5-4-6-14(15)16-12-13-8-10-18(2)11-9-13/h4-7,13,16-17H,3,8-12H2,1-2H3. The molecule has 0 amide bonds. The van der Waals surface area contributed by atoms with Crippen molar-refractivity contribution in [3.8, 4) is 0 Å². The van der Waals surface area contributed by atoms with Crippen LogP contribution < -0.4 is 10.0 Å². The first-order valence-electron chi connectivity index (χ1n) is 7.54. The quantitative estimate of drug-likeness (QED) is 0.840. The lowest BCUT2D eigenvalue weighted by molar-refractivity contribution is 0.226. The van der Waals surface area contributed by atoms with E-state index in [-0.39, 0.29) is 0 Å². The maximum Gasteiger partial charge on any atom is 0.242 e. The summed E-state index contributed by atoms with van der Waals surface area (Å²) in [7, 11) is -1.28. The predicted molar refractivity (Wildman–Crippen MR) is 86.0 cm³/mol. The van der Waals surface area contributed by atoms with Crippen LogP contribution in [0.15, 0.2) is 29.2 Å². The van der Waals surface area contributed by atoms with Gasteiger partial charge in [-0.05, 0) is 51.0 Å². The predicted octanol–water partition coefficient (Wildman–Crippen LogP) is 1.74. The Morgan fingerprint density at radius 2 is 1.90 bits per heavy atom. The third-order valence-electron chi connectivity index (χ3n) is 3.93. The van der Waals surface area contributed by atoms with E-state index in [1.807, 2.05) is 12.1 Å². The highest BCUT2D eigenvalue weighted by atomic mass is 32.2. The van der Waals surface area contributed by atoms with E-state index in [4.69, 9.17) is 0 Å². The molecule has 1 aliphatic rings. The van der Waals surface area contributed by atoms with E-state index in [0.717, 1.165) is 32.5 Å². The molecule has 1 aliphatic heterocycles. The van der Waals surface area contributed by atoms with Gasteiger partial charge in [-0.2, -0.15) is 0 Å². The van der Waals surface area contributed by atoms with Crippen LogP contribution in [0.5, 0.6) is 0 Å². The Morgan fingerprint density at radius 3 is 2.57 bits per heavy atom. The molecule has 0 atom stereocenters. The number of piperidine rings is 1. The SMILES string of the molecule is CCNS(=O)(=O)c1ccccc1NCC1CCN(C)CC1. The minimum absolute atomic E-state index is 0.333. The second-order valence-corrected chi connectivity index (χ2v) is 7.36. The maximum absolute atomic E-state index is 12.2. The van der Waals surface area contributed by atoms with Crippen molar-refractivity contribution in [1.29, 1.82) is 0 Å². The van der Waals surface area contributed by atoms with Gasteiger partial charge in [0.1, 0.15) is 4.90 Å². The molecular formula is C15H25N3O2S. The zero-order chi connectivity index (χ0) is 15.3. The number of para-hydroxylation sites is 1. The van der Waals surface area contributed by atoms with Crippen molar-refractivity contribution in [3.05, 3.63) is 24.3 Å². The second kappa shape index (κ2) is 7.24. The van der Waals surface area contributed by atoms with Gasteiger partial charge in [0.25, 0.3) is 0 Å². The normalized spacial score (nSPS) is 17.8. The number of hydrogen-bond acceptors (Lipinski definition) is 4. The maximum atomic E-state index is 12.2. The highest BCUT2D eigenvalue weighted by Crippen LogP contribution is 2.22. The van der Waals surface area contributed by atoms with Crippen molar-refractivity contribution >= 4 is 15.7 Å². The van der Waals surface area contributed by atoms with Crippen molar-refractivity contribution < 1.29 is 8.42 Å². The lowest BCUT2D eigenvalue weighted by Gasteiger charge is -2.29. The first-order valence-corrected chi connectivity index (χ1v) is 9.02. The van der Waals surface area contributed by atoms with Gasteiger partial charge in [-0.25, -0.2) is 13.1 Å². The Hall–Kier alpha value is -1.11. The molecule has 0 spiro atoms. The van der Waals surface area contributed by atoms with E-state index in [9.17, 15) is 8.42 Å². The Kier molecular flexibility index (Phi) is 5.61. The second-order valence-electron chi connectivity index (χ2n) is 5.63. The summed E-state index contributed by atoms with van der Waals surface area (Å²) in [5.41, 5.74) is 0.692. The van der Waals surface area contributed by atoms with Crippen molar-refractivity contribution in [3.63, 3.8) is 0 Å². The van der Waals surface area contributed by atoms with E-state index in [2.05, 4.69) is 22.0 Å². The summed E-state index contributed by atoms with van der Waals surface area (Å²) in [5, 5.41) is 3.32. The summed E-state index contributed by atoms with van der Waals surface area (Å²) in [4.78, 5) is 2.67. The molecule has 0 bridgehead atoms. The van der Waals surface area contributed by atoms with E-state index in [0.29, 0.717) is 23.0 Å². The van der Waals surface area contributed by atoms with Crippen LogP contribution in [0, 0.1) is 5.92 Å². The summed E-state index contributed by atoms with van der Waals surface area (Å²) in [6, 6.07) is 7.10. The molecule has 1 fully saturated rings. The lowest BCUT2D eigenvalue weighted by atomic mass is 9.97. The first kappa shape index (κ1) is 16.3. The summed E-state index contributed by atoms with van der Waals surface area (Å²) in [6.07, 6.45) is 2.32. The molecule has 0 unspecified atom stereocenters. The highest BCUT2D eigenvalue weighted by molar-refractivity contribution is 7.89. The van der Waals surface area contributed by atoms with Crippen molar-refractivity contribution in [2.75, 3.05) is 38.5 Å². The van der Waals surface area contributed by atoms with Gasteiger partial charge in [-0.3, -0.25) is 0 Å². The zero-order valence-corrected chi connectivity index (χ0v) is 13.6. The molecule has 2 N–H and O–H groups in total. The van der Waals surface area contributed by atoms with Crippen LogP contribution >= 0.6 is 0 Å². The van der Waals surface area contributed by atoms with Crippen LogP contribution in [0.2, 0.25) is 0 Å². The number of likely N-dealkylation sites (tertiary alicyclic amines) is 1. The molecule has 1 saturated heterocycles. The van der Waals surface area contributed by atoms with Crippen LogP contribution in [0.3, 0.4) is 0 Å². The highest BCUT2D eigenvalue weighted by Gasteiger charge is 2.19. The number of benzene rings is 1. The Labute approximate surface area is 127 Å². The molecule has 0 aromatic heterocycles. The van der Waals surface area contributed by atoms with E-state index in [1.165, 1.54) is 0 Å². The van der Waals surface area contributed by atoms with Gasteiger partial charge in [-0.1, -0.05) is 19.1 Å². The van der Waals surface area contributed by atoms with Crippen molar-refractivity contribution in [2.45, 2.75) is 24.7 Å². The molecule has 0 radical (unpaired) electrons. The van der Waals surface area contributed by atoms with Crippen LogP contribution in [0.25, 0.3) is 0 Å². The Balaban J connectivity index is 2.04. The molecule has 1 aromatic carbocycles. The fourth-order valence-corrected chi connectivity index (χ4v) is 3.86. The Bertz CT molecular complexity index is 552. The van der Waals surface area contributed by atoms with Crippen LogP contribution in [-0.4, -0.2) is 46.5 Å². The topological polar surface area (TPSA) is 61.4 Å². The average molecular weight is 311 g/mol. The van der Waals surface area contributed by atoms with Gasteiger partial charge >= 0.3 is 0 Å². The van der Waals surface area contributed by atoms with Crippen molar-refractivity contribution in [1.82, 2.24) is 9.62 Å². The van der Waals surface area contributed by atoms with Gasteiger partial charge in [0.2, 0.25) is 10.0 Å². The molecule has 2 rings (SSSR count). The fourth-order valence-electron chi connectivity index (χ4n) is 2.64. The number of nitrogens with zero attached hydrogens (tertiary/aromatic N) is 1. The minimum atomic E-state index is -3.42. The van der Waals surface area contributed by atoms with E-state index in [1.54, 1.807) is 19.1 Å². The molecule has 1 heterocycles. The first-order chi connectivity index (χ1) is 10.0. The lowest BCUT2D eigenvalue weighted by Crippen LogP contribution is -2.33. The molecule has 21 heavy (non-hydrogen) atoms. The summed E-state index contributed by atoms with van der Waals surface area (Å²) >= 11 is 0. The molecule has 5 nitrogen and oxygen atoms in total. The smallest absolute Gasteiger partial charge is 0.242 e. The largest absolute Gasteiger partial charge is 0.384 e. The number of nitrogens with one attached hydrogen (secondary N) is 2. The van der Waals surface area contributed by atoms with Gasteiger partial charge < -0.3 is 10.2 Å². The molecule has 6 heteroatoms. The summed E-state index contributed by atoms with van der Waals surface area (Å²) < 4.78 is 26.9. The molecular weight excluding hydrogens is 286 g/mol. The molecule has 0 saturated carbocycles. The van der Waals surface area contributed by atoms with Gasteiger partial charge in [0.05, 0.1) is 5.69 Å². The van der Waals surface area contributed by atoms with Crippen LogP contribution in [0.1, 0.15) is 19.8 Å². The summed E-state index contributed by atoms with van der Waals surface area (Å²) in [6.45, 7) is 5.23. The fraction of sp³-hybridized carbons (Fsp3) is 0.600. The van der Waals surface area contributed by atoms with Crippen LogP contribution in [0.4, 0.5) is 5.69 Å². The zero-order valence-electron chi connectivity index (χ0n) is 12.8. The van der Waals surface area contributed by atoms with E-state index < -0.39 is 10.0 Å². The summed E-state index contributed by atoms with van der Waals surface area (Å²) in [5.74, 6) is 0.607. The van der Waals surface area contributed by atoms with Gasteiger partial charge in [0.15, 0.2) is 0 Å². The minimum Gasteiger partial charge on any atom is -0.384 e. The van der Waals surface area contributed by atoms with Crippen molar-refractivity contribution in [2.24, 2.45) is 5.92 Å². The van der Waals surface area contributed by atoms with Crippen LogP contribution in [-0.2, 0) is 10.0 Å². The average Bonchev–Trinajstić information content (AvgIpc) is 2.47. The van der Waals surface area contributed by atoms with Gasteiger partial charge in [-0.15, -0.1) is 0 Å². The number of sulfonamides is 1. The third kappa shape index (κ3) is 4.43. The monoisotopic (exact) mass is 311 g/mol. The Morgan fingerprint density at radius 1 is 1.24 bits per heavy atom. The third-order valence-corrected chi connectivity index (χ3v) is 5.53.